The highest BCUT2D eigenvalue weighted by molar-refractivity contribution is 5.99. The number of ether oxygens (including phenoxy) is 1. The van der Waals surface area contributed by atoms with E-state index < -0.39 is 12.0 Å². The maximum absolute atomic E-state index is 12.9. The molecule has 2 aromatic carbocycles. The van der Waals surface area contributed by atoms with E-state index in [1.54, 1.807) is 18.5 Å². The second-order valence-corrected chi connectivity index (χ2v) is 6.58. The molecular weight excluding hydrogens is 346 g/mol. The molecule has 27 heavy (non-hydrogen) atoms. The van der Waals surface area contributed by atoms with Gasteiger partial charge in [-0.25, -0.2) is 9.78 Å². The highest BCUT2D eigenvalue weighted by Gasteiger charge is 2.33. The molecule has 1 aliphatic heterocycles. The van der Waals surface area contributed by atoms with Gasteiger partial charge in [0.1, 0.15) is 6.33 Å². The van der Waals surface area contributed by atoms with Crippen LogP contribution in [0.5, 0.6) is 0 Å². The number of carboxylic acid groups (broad SMARTS) is 1. The van der Waals surface area contributed by atoms with Gasteiger partial charge < -0.3 is 14.7 Å². The molecule has 4 rings (SSSR count). The number of carboxylic acids is 1. The number of carbonyl (C=O) groups is 2. The van der Waals surface area contributed by atoms with Gasteiger partial charge in [-0.05, 0) is 42.8 Å². The summed E-state index contributed by atoms with van der Waals surface area (Å²) in [5, 5.41) is 9.34. The van der Waals surface area contributed by atoms with Gasteiger partial charge >= 0.3 is 5.97 Å². The summed E-state index contributed by atoms with van der Waals surface area (Å²) in [5.41, 5.74) is 4.13. The smallest absolute Gasteiger partial charge is 0.328 e. The van der Waals surface area contributed by atoms with Gasteiger partial charge in [-0.15, -0.1) is 0 Å². The molecule has 7 nitrogen and oxygen atoms in total. The van der Waals surface area contributed by atoms with Gasteiger partial charge in [0.25, 0.3) is 5.91 Å². The van der Waals surface area contributed by atoms with Gasteiger partial charge in [0.2, 0.25) is 0 Å². The standard InChI is InChI=1S/C20H19N3O4/c1-13-3-2-4-15(9-13)23-12-21-16-10-14(5-6-17(16)23)19(24)22-7-8-27-11-18(22)20(25)26/h2-6,9-10,12,18H,7-8,11H2,1H3,(H,25,26)/t18-/m0/s1. The van der Waals surface area contributed by atoms with Crippen molar-refractivity contribution in [3.8, 4) is 5.69 Å². The molecule has 0 unspecified atom stereocenters. The number of benzene rings is 2. The maximum Gasteiger partial charge on any atom is 0.328 e. The molecule has 1 saturated heterocycles. The molecule has 0 radical (unpaired) electrons. The summed E-state index contributed by atoms with van der Waals surface area (Å²) in [6.07, 6.45) is 1.72. The fourth-order valence-electron chi connectivity index (χ4n) is 3.35. The number of aliphatic carboxylic acids is 1. The van der Waals surface area contributed by atoms with Crippen molar-refractivity contribution < 1.29 is 19.4 Å². The summed E-state index contributed by atoms with van der Waals surface area (Å²) in [5.74, 6) is -1.38. The van der Waals surface area contributed by atoms with Gasteiger partial charge in [0.15, 0.2) is 6.04 Å². The number of rotatable bonds is 3. The first kappa shape index (κ1) is 17.2. The lowest BCUT2D eigenvalue weighted by molar-refractivity contribution is -0.147. The lowest BCUT2D eigenvalue weighted by atomic mass is 10.1. The van der Waals surface area contributed by atoms with E-state index in [-0.39, 0.29) is 19.1 Å². The SMILES string of the molecule is Cc1cccc(-n2cnc3cc(C(=O)N4CCOC[C@H]4C(=O)O)ccc32)c1. The van der Waals surface area contributed by atoms with Crippen molar-refractivity contribution in [2.75, 3.05) is 19.8 Å². The number of fused-ring (bicyclic) bond motifs is 1. The number of hydrogen-bond acceptors (Lipinski definition) is 4. The molecule has 2 heterocycles. The maximum atomic E-state index is 12.9. The molecule has 1 amide bonds. The number of morpholine rings is 1. The Kier molecular flexibility index (Phi) is 4.37. The lowest BCUT2D eigenvalue weighted by Crippen LogP contribution is -2.52. The Morgan fingerprint density at radius 2 is 2.07 bits per heavy atom. The molecule has 7 heteroatoms. The first-order chi connectivity index (χ1) is 13.0. The zero-order chi connectivity index (χ0) is 19.0. The molecule has 0 aliphatic carbocycles. The number of nitrogens with zero attached hydrogens (tertiary/aromatic N) is 3. The predicted octanol–water partition coefficient (Wildman–Crippen LogP) is 2.26. The first-order valence-electron chi connectivity index (χ1n) is 8.70. The molecule has 0 bridgehead atoms. The Balaban J connectivity index is 1.68. The van der Waals surface area contributed by atoms with E-state index in [0.29, 0.717) is 17.7 Å². The first-order valence-corrected chi connectivity index (χ1v) is 8.70. The summed E-state index contributed by atoms with van der Waals surface area (Å²) in [7, 11) is 0. The average Bonchev–Trinajstić information content (AvgIpc) is 3.10. The van der Waals surface area contributed by atoms with Crippen molar-refractivity contribution >= 4 is 22.9 Å². The van der Waals surface area contributed by atoms with Crippen LogP contribution in [-0.4, -0.2) is 57.2 Å². The van der Waals surface area contributed by atoms with Crippen molar-refractivity contribution in [3.05, 3.63) is 59.9 Å². The highest BCUT2D eigenvalue weighted by Crippen LogP contribution is 2.22. The van der Waals surface area contributed by atoms with Crippen molar-refractivity contribution in [1.82, 2.24) is 14.5 Å². The van der Waals surface area contributed by atoms with Crippen molar-refractivity contribution in [1.29, 1.82) is 0 Å². The van der Waals surface area contributed by atoms with Gasteiger partial charge in [0, 0.05) is 17.8 Å². The molecule has 1 N–H and O–H groups in total. The van der Waals surface area contributed by atoms with Crippen molar-refractivity contribution in [2.45, 2.75) is 13.0 Å². The molecule has 1 aromatic heterocycles. The number of aromatic nitrogens is 2. The number of carbonyl (C=O) groups excluding carboxylic acids is 1. The summed E-state index contributed by atoms with van der Waals surface area (Å²) in [6, 6.07) is 12.4. The lowest BCUT2D eigenvalue weighted by Gasteiger charge is -2.32. The number of imidazole rings is 1. The predicted molar refractivity (Wildman–Crippen MR) is 99.1 cm³/mol. The van der Waals surface area contributed by atoms with Crippen molar-refractivity contribution in [3.63, 3.8) is 0 Å². The van der Waals surface area contributed by atoms with Crippen LogP contribution < -0.4 is 0 Å². The van der Waals surface area contributed by atoms with Crippen LogP contribution in [0.15, 0.2) is 48.8 Å². The van der Waals surface area contributed by atoms with Gasteiger partial charge in [-0.3, -0.25) is 9.36 Å². The van der Waals surface area contributed by atoms with E-state index in [1.165, 1.54) is 4.90 Å². The Morgan fingerprint density at radius 1 is 1.22 bits per heavy atom. The summed E-state index contributed by atoms with van der Waals surface area (Å²) in [6.45, 7) is 2.62. The van der Waals surface area contributed by atoms with Crippen LogP contribution in [0.25, 0.3) is 16.7 Å². The third kappa shape index (κ3) is 3.17. The monoisotopic (exact) mass is 365 g/mol. The van der Waals surface area contributed by atoms with Crippen molar-refractivity contribution in [2.24, 2.45) is 0 Å². The molecule has 0 saturated carbocycles. The molecule has 0 spiro atoms. The normalized spacial score (nSPS) is 17.2. The summed E-state index contributed by atoms with van der Waals surface area (Å²) in [4.78, 5) is 30.0. The number of aryl methyl sites for hydroxylation is 1. The van der Waals surface area contributed by atoms with E-state index in [2.05, 4.69) is 11.1 Å². The van der Waals surface area contributed by atoms with Gasteiger partial charge in [0.05, 0.1) is 24.2 Å². The minimum absolute atomic E-state index is 0.00526. The van der Waals surface area contributed by atoms with E-state index in [1.807, 2.05) is 35.8 Å². The van der Waals surface area contributed by atoms with E-state index in [0.717, 1.165) is 16.8 Å². The summed E-state index contributed by atoms with van der Waals surface area (Å²) >= 11 is 0. The fourth-order valence-corrected chi connectivity index (χ4v) is 3.35. The highest BCUT2D eigenvalue weighted by atomic mass is 16.5. The molecule has 138 valence electrons. The zero-order valence-corrected chi connectivity index (χ0v) is 14.8. The Hall–Kier alpha value is -3.19. The van der Waals surface area contributed by atoms with Crippen LogP contribution in [0.2, 0.25) is 0 Å². The van der Waals surface area contributed by atoms with E-state index in [9.17, 15) is 14.7 Å². The fraction of sp³-hybridized carbons (Fsp3) is 0.250. The third-order valence-corrected chi connectivity index (χ3v) is 4.75. The molecular formula is C20H19N3O4. The van der Waals surface area contributed by atoms with E-state index in [4.69, 9.17) is 4.74 Å². The molecule has 3 aromatic rings. The van der Waals surface area contributed by atoms with Crippen LogP contribution in [0.3, 0.4) is 0 Å². The second-order valence-electron chi connectivity index (χ2n) is 6.58. The quantitative estimate of drug-likeness (QED) is 0.770. The van der Waals surface area contributed by atoms with Crippen LogP contribution in [0.1, 0.15) is 15.9 Å². The molecule has 1 aliphatic rings. The number of hydrogen-bond donors (Lipinski definition) is 1. The second kappa shape index (κ2) is 6.85. The topological polar surface area (TPSA) is 84.7 Å². The van der Waals surface area contributed by atoms with Crippen LogP contribution in [0, 0.1) is 6.92 Å². The van der Waals surface area contributed by atoms with Crippen LogP contribution >= 0.6 is 0 Å². The Labute approximate surface area is 155 Å². The Bertz CT molecular complexity index is 1030. The number of amides is 1. The van der Waals surface area contributed by atoms with E-state index >= 15 is 0 Å². The third-order valence-electron chi connectivity index (χ3n) is 4.75. The largest absolute Gasteiger partial charge is 0.480 e. The van der Waals surface area contributed by atoms with Crippen LogP contribution in [-0.2, 0) is 9.53 Å². The molecule has 1 fully saturated rings. The average molecular weight is 365 g/mol. The minimum Gasteiger partial charge on any atom is -0.480 e. The van der Waals surface area contributed by atoms with Crippen LogP contribution in [0.4, 0.5) is 0 Å². The van der Waals surface area contributed by atoms with Gasteiger partial charge in [-0.1, -0.05) is 12.1 Å². The zero-order valence-electron chi connectivity index (χ0n) is 14.8. The minimum atomic E-state index is -1.06. The molecule has 1 atom stereocenters. The van der Waals surface area contributed by atoms with Gasteiger partial charge in [-0.2, -0.15) is 0 Å². The Morgan fingerprint density at radius 3 is 2.85 bits per heavy atom. The summed E-state index contributed by atoms with van der Waals surface area (Å²) < 4.78 is 7.17.